The molecule has 22 heteroatoms. The number of fused-ring (bicyclic) bond motifs is 2. The van der Waals surface area contributed by atoms with Crippen LogP contribution in [-0.2, 0) is 22.2 Å². The molecule has 0 radical (unpaired) electrons. The van der Waals surface area contributed by atoms with Crippen LogP contribution in [-0.4, -0.2) is 53.7 Å². The zero-order chi connectivity index (χ0) is 43.2. The molecular formula is C39H25F6KN12O2S. The van der Waals surface area contributed by atoms with Crippen LogP contribution in [0.1, 0.15) is 17.0 Å². The van der Waals surface area contributed by atoms with Crippen molar-refractivity contribution in [2.75, 3.05) is 16.9 Å². The third kappa shape index (κ3) is 10.7. The Kier molecular flexibility index (Phi) is 14.2. The summed E-state index contributed by atoms with van der Waals surface area (Å²) in [5.41, 5.74) is 1.63. The van der Waals surface area contributed by atoms with Crippen molar-refractivity contribution in [2.45, 2.75) is 17.5 Å². The van der Waals surface area contributed by atoms with E-state index < -0.39 is 33.3 Å². The maximum atomic E-state index is 12.7. The fourth-order valence-corrected chi connectivity index (χ4v) is 6.42. The number of benzene rings is 4. The van der Waals surface area contributed by atoms with E-state index in [-0.39, 0.29) is 74.0 Å². The number of halogens is 6. The van der Waals surface area contributed by atoms with E-state index in [1.807, 2.05) is 18.2 Å². The Bertz CT molecular complexity index is 2980. The van der Waals surface area contributed by atoms with Gasteiger partial charge in [0.25, 0.3) is 0 Å². The maximum Gasteiger partial charge on any atom is 1.00 e. The molecule has 8 aromatic rings. The predicted molar refractivity (Wildman–Crippen MR) is 206 cm³/mol. The van der Waals surface area contributed by atoms with Crippen LogP contribution in [0.25, 0.3) is 33.7 Å². The SMILES string of the molecule is CS(=O)(=O)c1nc2ccccc2n1-c1cncc(Nc2ccc(C(F)(F)F)cc2)n1.N#Cc1nc2ccccc2n1-c1cncc(Nc2ccc(C(F)(F)F)cc2)n1.[C-]#N.[K+]. The van der Waals surface area contributed by atoms with Crippen molar-refractivity contribution in [3.05, 3.63) is 145 Å². The van der Waals surface area contributed by atoms with E-state index in [1.54, 1.807) is 41.0 Å². The third-order valence-corrected chi connectivity index (χ3v) is 9.13. The minimum Gasteiger partial charge on any atom is -0.512 e. The number of nitrogens with zero attached hydrogens (tertiary/aromatic N) is 10. The van der Waals surface area contributed by atoms with Crippen LogP contribution >= 0.6 is 0 Å². The van der Waals surface area contributed by atoms with Gasteiger partial charge in [0.05, 0.1) is 58.0 Å². The molecule has 0 unspecified atom stereocenters. The Morgan fingerprint density at radius 1 is 0.607 bits per heavy atom. The average molecular weight is 879 g/mol. The molecule has 4 heterocycles. The number of rotatable bonds is 7. The van der Waals surface area contributed by atoms with Crippen LogP contribution in [0.3, 0.4) is 0 Å². The summed E-state index contributed by atoms with van der Waals surface area (Å²) in [5.74, 6) is 1.26. The van der Waals surface area contributed by atoms with E-state index in [0.717, 1.165) is 30.5 Å². The first-order valence-corrected chi connectivity index (χ1v) is 18.8. The van der Waals surface area contributed by atoms with Crippen LogP contribution in [0.2, 0.25) is 0 Å². The van der Waals surface area contributed by atoms with E-state index >= 15 is 0 Å². The molecule has 0 bridgehead atoms. The summed E-state index contributed by atoms with van der Waals surface area (Å²) in [4.78, 5) is 25.4. The summed E-state index contributed by atoms with van der Waals surface area (Å²) in [6.45, 7) is 4.75. The van der Waals surface area contributed by atoms with Crippen molar-refractivity contribution in [1.82, 2.24) is 39.0 Å². The molecule has 14 nitrogen and oxygen atoms in total. The van der Waals surface area contributed by atoms with Crippen molar-refractivity contribution < 1.29 is 86.1 Å². The number of nitrogens with one attached hydrogen (secondary N) is 2. The van der Waals surface area contributed by atoms with Gasteiger partial charge in [-0.15, -0.1) is 0 Å². The molecule has 0 saturated carbocycles. The molecule has 0 aliphatic rings. The molecule has 0 spiro atoms. The smallest absolute Gasteiger partial charge is 0.512 e. The Morgan fingerprint density at radius 2 is 1.02 bits per heavy atom. The van der Waals surface area contributed by atoms with Gasteiger partial charge in [0.15, 0.2) is 23.3 Å². The first-order valence-electron chi connectivity index (χ1n) is 16.9. The van der Waals surface area contributed by atoms with Crippen LogP contribution in [0, 0.1) is 23.2 Å². The fourth-order valence-electron chi connectivity index (χ4n) is 5.64. The zero-order valence-corrected chi connectivity index (χ0v) is 35.5. The second kappa shape index (κ2) is 19.0. The van der Waals surface area contributed by atoms with Gasteiger partial charge in [0.2, 0.25) is 20.8 Å². The molecule has 0 amide bonds. The summed E-state index contributed by atoms with van der Waals surface area (Å²) in [6.07, 6.45) is -2.11. The molecule has 4 aromatic heterocycles. The van der Waals surface area contributed by atoms with E-state index in [9.17, 15) is 40.0 Å². The second-order valence-corrected chi connectivity index (χ2v) is 14.2. The van der Waals surface area contributed by atoms with Crippen molar-refractivity contribution in [1.29, 1.82) is 10.5 Å². The molecule has 8 rings (SSSR count). The molecule has 0 saturated heterocycles. The van der Waals surface area contributed by atoms with E-state index in [0.29, 0.717) is 45.1 Å². The van der Waals surface area contributed by atoms with Gasteiger partial charge >= 0.3 is 63.7 Å². The molecule has 0 aliphatic carbocycles. The van der Waals surface area contributed by atoms with Crippen LogP contribution in [0.15, 0.2) is 127 Å². The molecule has 2 N–H and O–H groups in total. The number of imidazole rings is 2. The van der Waals surface area contributed by atoms with Gasteiger partial charge in [0, 0.05) is 17.6 Å². The van der Waals surface area contributed by atoms with Crippen LogP contribution in [0.5, 0.6) is 0 Å². The molecule has 0 atom stereocenters. The molecular weight excluding hydrogens is 854 g/mol. The molecule has 4 aromatic carbocycles. The van der Waals surface area contributed by atoms with Crippen molar-refractivity contribution in [3.8, 4) is 17.7 Å². The Hall–Kier alpha value is -6.27. The number of alkyl halides is 6. The summed E-state index contributed by atoms with van der Waals surface area (Å²) in [7, 11) is -3.68. The minimum atomic E-state index is -4.43. The predicted octanol–water partition coefficient (Wildman–Crippen LogP) is 5.53. The standard InChI is InChI=1S/C19H11F3N6.C19H14F3N5O2S.CN.K/c20-19(21,22)12-5-7-13(8-6-12)25-16-10-24-11-18(27-16)28-15-4-2-1-3-14(15)26-17(28)9-23;1-30(28,29)18-25-14-4-2-3-5-15(14)27(18)17-11-23-10-16(26-17)24-13-8-6-12(7-9-13)19(20,21)22;1-2;/h1-8,10-11H,(H,25,27);2-11H,1H3,(H,24,26);;/q;;-1;+1. The maximum absolute atomic E-state index is 12.7. The van der Waals surface area contributed by atoms with Crippen LogP contribution < -0.4 is 62.0 Å². The minimum absolute atomic E-state index is 0. The Balaban J connectivity index is 0.000000219. The van der Waals surface area contributed by atoms with Gasteiger partial charge < -0.3 is 22.5 Å². The average Bonchev–Trinajstić information content (AvgIpc) is 3.82. The molecule has 61 heavy (non-hydrogen) atoms. The molecule has 0 aliphatic heterocycles. The van der Waals surface area contributed by atoms with Gasteiger partial charge in [-0.25, -0.2) is 28.4 Å². The first kappa shape index (κ1) is 45.8. The van der Waals surface area contributed by atoms with Crippen molar-refractivity contribution >= 4 is 54.9 Å². The van der Waals surface area contributed by atoms with Gasteiger partial charge in [-0.05, 0) is 72.8 Å². The number of anilines is 4. The van der Waals surface area contributed by atoms with Gasteiger partial charge in [-0.3, -0.25) is 19.1 Å². The van der Waals surface area contributed by atoms with E-state index in [1.165, 1.54) is 53.6 Å². The van der Waals surface area contributed by atoms with Gasteiger partial charge in [0.1, 0.15) is 6.07 Å². The summed E-state index contributed by atoms with van der Waals surface area (Å²) in [6, 6.07) is 25.1. The summed E-state index contributed by atoms with van der Waals surface area (Å²) in [5, 5.41) is 21.2. The Labute approximate surface area is 384 Å². The normalized spacial score (nSPS) is 11.3. The number of nitriles is 1. The summed E-state index contributed by atoms with van der Waals surface area (Å²) >= 11 is 0. The second-order valence-electron chi connectivity index (χ2n) is 12.3. The fraction of sp³-hybridized carbons (Fsp3) is 0.0769. The number of aromatic nitrogens is 8. The van der Waals surface area contributed by atoms with Gasteiger partial charge in [-0.2, -0.15) is 31.6 Å². The largest absolute Gasteiger partial charge is 1.00 e. The summed E-state index contributed by atoms with van der Waals surface area (Å²) < 4.78 is 104. The topological polar surface area (TPSA) is 193 Å². The Morgan fingerprint density at radius 3 is 1.44 bits per heavy atom. The number of para-hydroxylation sites is 4. The van der Waals surface area contributed by atoms with Crippen LogP contribution in [0.4, 0.5) is 49.4 Å². The monoisotopic (exact) mass is 878 g/mol. The third-order valence-electron chi connectivity index (χ3n) is 8.19. The molecule has 0 fully saturated rings. The van der Waals surface area contributed by atoms with Gasteiger partial charge in [-0.1, -0.05) is 24.3 Å². The molecule has 302 valence electrons. The number of hydrogen-bond acceptors (Lipinski definition) is 12. The number of hydrogen-bond donors (Lipinski definition) is 2. The van der Waals surface area contributed by atoms with E-state index in [4.69, 9.17) is 11.8 Å². The number of sulfone groups is 1. The van der Waals surface area contributed by atoms with Crippen molar-refractivity contribution in [3.63, 3.8) is 0 Å². The van der Waals surface area contributed by atoms with Crippen molar-refractivity contribution in [2.24, 2.45) is 0 Å². The quantitative estimate of drug-likeness (QED) is 0.116. The van der Waals surface area contributed by atoms with E-state index in [2.05, 4.69) is 40.5 Å². The zero-order valence-electron chi connectivity index (χ0n) is 31.5. The first-order chi connectivity index (χ1) is 28.6.